The lowest BCUT2D eigenvalue weighted by molar-refractivity contribution is -0.149. The van der Waals surface area contributed by atoms with Crippen molar-refractivity contribution in [2.45, 2.75) is 26.0 Å². The van der Waals surface area contributed by atoms with E-state index >= 15 is 0 Å². The van der Waals surface area contributed by atoms with E-state index in [1.165, 1.54) is 5.56 Å². The summed E-state index contributed by atoms with van der Waals surface area (Å²) in [5.74, 6) is -0.0507. The number of carbonyl (C=O) groups is 1. The largest absolute Gasteiger partial charge is 0.481 e. The average Bonchev–Trinajstić information content (AvgIpc) is 2.98. The van der Waals surface area contributed by atoms with E-state index in [9.17, 15) is 9.90 Å². The van der Waals surface area contributed by atoms with Gasteiger partial charge in [-0.15, -0.1) is 0 Å². The van der Waals surface area contributed by atoms with Crippen LogP contribution in [0.3, 0.4) is 0 Å². The molecule has 0 spiro atoms. The number of aliphatic carboxylic acids is 1. The summed E-state index contributed by atoms with van der Waals surface area (Å²) >= 11 is 0. The van der Waals surface area contributed by atoms with Crippen molar-refractivity contribution >= 4 is 5.97 Å². The van der Waals surface area contributed by atoms with E-state index in [0.29, 0.717) is 26.1 Å². The lowest BCUT2D eigenvalue weighted by Crippen LogP contribution is -2.46. The standard InChI is InChI=1S/C18H21NO4/c1-12-2-4-13(5-3-12)17-7-6-14(23-17)10-19-9-8-16(20)15(11-19)18(21)22/h2-7,15-16,20H,8-11H2,1H3,(H,21,22)/t15-,16+/m0/s1. The van der Waals surface area contributed by atoms with Gasteiger partial charge in [0.1, 0.15) is 11.5 Å². The number of aryl methyl sites for hydroxylation is 1. The number of benzene rings is 1. The van der Waals surface area contributed by atoms with Gasteiger partial charge in [-0.05, 0) is 25.5 Å². The first-order valence-electron chi connectivity index (χ1n) is 7.82. The summed E-state index contributed by atoms with van der Waals surface area (Å²) in [5.41, 5.74) is 2.23. The number of hydrogen-bond acceptors (Lipinski definition) is 4. The molecule has 5 nitrogen and oxygen atoms in total. The molecule has 2 N–H and O–H groups in total. The van der Waals surface area contributed by atoms with Crippen molar-refractivity contribution in [3.63, 3.8) is 0 Å². The summed E-state index contributed by atoms with van der Waals surface area (Å²) in [5, 5.41) is 18.9. The zero-order chi connectivity index (χ0) is 16.4. The molecule has 0 bridgehead atoms. The smallest absolute Gasteiger partial charge is 0.310 e. The first-order chi connectivity index (χ1) is 11.0. The Morgan fingerprint density at radius 3 is 2.70 bits per heavy atom. The molecule has 1 fully saturated rings. The molecule has 0 unspecified atom stereocenters. The third-order valence-electron chi connectivity index (χ3n) is 4.35. The van der Waals surface area contributed by atoms with Crippen LogP contribution in [-0.2, 0) is 11.3 Å². The highest BCUT2D eigenvalue weighted by molar-refractivity contribution is 5.71. The van der Waals surface area contributed by atoms with Crippen molar-refractivity contribution in [1.29, 1.82) is 0 Å². The summed E-state index contributed by atoms with van der Waals surface area (Å²) in [6.45, 7) is 3.62. The highest BCUT2D eigenvalue weighted by Crippen LogP contribution is 2.25. The van der Waals surface area contributed by atoms with Gasteiger partial charge in [-0.3, -0.25) is 9.69 Å². The van der Waals surface area contributed by atoms with Crippen molar-refractivity contribution < 1.29 is 19.4 Å². The Morgan fingerprint density at radius 1 is 1.26 bits per heavy atom. The van der Waals surface area contributed by atoms with Crippen LogP contribution in [0.4, 0.5) is 0 Å². The fraction of sp³-hybridized carbons (Fsp3) is 0.389. The van der Waals surface area contributed by atoms with E-state index < -0.39 is 18.0 Å². The predicted octanol–water partition coefficient (Wildman–Crippen LogP) is 2.52. The number of hydrogen-bond donors (Lipinski definition) is 2. The molecule has 0 amide bonds. The molecule has 2 heterocycles. The van der Waals surface area contributed by atoms with Gasteiger partial charge in [0.15, 0.2) is 0 Å². The number of nitrogens with zero attached hydrogens (tertiary/aromatic N) is 1. The Balaban J connectivity index is 1.67. The zero-order valence-corrected chi connectivity index (χ0v) is 13.1. The quantitative estimate of drug-likeness (QED) is 0.907. The van der Waals surface area contributed by atoms with E-state index in [4.69, 9.17) is 9.52 Å². The molecule has 1 aromatic carbocycles. The molecular weight excluding hydrogens is 294 g/mol. The van der Waals surface area contributed by atoms with Gasteiger partial charge >= 0.3 is 5.97 Å². The van der Waals surface area contributed by atoms with Crippen molar-refractivity contribution in [3.05, 3.63) is 47.7 Å². The minimum atomic E-state index is -0.943. The predicted molar refractivity (Wildman–Crippen MR) is 85.9 cm³/mol. The highest BCUT2D eigenvalue weighted by atomic mass is 16.4. The first kappa shape index (κ1) is 15.8. The Kier molecular flexibility index (Phi) is 4.50. The zero-order valence-electron chi connectivity index (χ0n) is 13.1. The van der Waals surface area contributed by atoms with Gasteiger partial charge in [0.2, 0.25) is 0 Å². The van der Waals surface area contributed by atoms with Crippen molar-refractivity contribution in [2.75, 3.05) is 13.1 Å². The van der Waals surface area contributed by atoms with E-state index in [-0.39, 0.29) is 0 Å². The fourth-order valence-corrected chi connectivity index (χ4v) is 2.95. The molecule has 1 aliphatic rings. The minimum absolute atomic E-state index is 0.344. The van der Waals surface area contributed by atoms with Crippen LogP contribution in [0.5, 0.6) is 0 Å². The van der Waals surface area contributed by atoms with Gasteiger partial charge in [-0.25, -0.2) is 0 Å². The van der Waals surface area contributed by atoms with Crippen LogP contribution in [-0.4, -0.2) is 40.3 Å². The Morgan fingerprint density at radius 2 is 2.00 bits per heavy atom. The molecule has 0 aliphatic carbocycles. The van der Waals surface area contributed by atoms with Crippen molar-refractivity contribution in [2.24, 2.45) is 5.92 Å². The van der Waals surface area contributed by atoms with Gasteiger partial charge < -0.3 is 14.6 Å². The number of rotatable bonds is 4. The second-order valence-electron chi connectivity index (χ2n) is 6.17. The van der Waals surface area contributed by atoms with Crippen molar-refractivity contribution in [1.82, 2.24) is 4.90 Å². The van der Waals surface area contributed by atoms with E-state index in [1.807, 2.05) is 48.2 Å². The van der Waals surface area contributed by atoms with E-state index in [0.717, 1.165) is 17.1 Å². The first-order valence-corrected chi connectivity index (χ1v) is 7.82. The van der Waals surface area contributed by atoms with E-state index in [2.05, 4.69) is 0 Å². The number of carboxylic acid groups (broad SMARTS) is 1. The molecule has 2 atom stereocenters. The SMILES string of the molecule is Cc1ccc(-c2ccc(CN3CC[C@@H](O)[C@@H](C(=O)O)C3)o2)cc1. The normalized spacial score (nSPS) is 22.2. The summed E-state index contributed by atoms with van der Waals surface area (Å²) < 4.78 is 5.88. The topological polar surface area (TPSA) is 73.9 Å². The second kappa shape index (κ2) is 6.56. The lowest BCUT2D eigenvalue weighted by Gasteiger charge is -2.33. The number of aliphatic hydroxyl groups excluding tert-OH is 1. The average molecular weight is 315 g/mol. The van der Waals surface area contributed by atoms with Crippen LogP contribution in [0.2, 0.25) is 0 Å². The molecule has 0 saturated carbocycles. The molecule has 2 aromatic rings. The summed E-state index contributed by atoms with van der Waals surface area (Å²) in [6, 6.07) is 12.0. The molecular formula is C18H21NO4. The van der Waals surface area contributed by atoms with Gasteiger partial charge in [-0.2, -0.15) is 0 Å². The maximum absolute atomic E-state index is 11.2. The molecule has 1 aromatic heterocycles. The molecule has 23 heavy (non-hydrogen) atoms. The van der Waals surface area contributed by atoms with Gasteiger partial charge in [0, 0.05) is 18.7 Å². The summed E-state index contributed by atoms with van der Waals surface area (Å²) in [7, 11) is 0. The van der Waals surface area contributed by atoms with Gasteiger partial charge in [-0.1, -0.05) is 29.8 Å². The van der Waals surface area contributed by atoms with Crippen LogP contribution >= 0.6 is 0 Å². The van der Waals surface area contributed by atoms with Crippen LogP contribution in [0.25, 0.3) is 11.3 Å². The van der Waals surface area contributed by atoms with Crippen LogP contribution in [0.1, 0.15) is 17.7 Å². The van der Waals surface area contributed by atoms with E-state index in [1.54, 1.807) is 0 Å². The van der Waals surface area contributed by atoms with Crippen LogP contribution < -0.4 is 0 Å². The Bertz CT molecular complexity index is 677. The molecule has 1 aliphatic heterocycles. The van der Waals surface area contributed by atoms with Crippen LogP contribution in [0, 0.1) is 12.8 Å². The third kappa shape index (κ3) is 3.63. The minimum Gasteiger partial charge on any atom is -0.481 e. The third-order valence-corrected chi connectivity index (χ3v) is 4.35. The maximum Gasteiger partial charge on any atom is 0.310 e. The number of piperidine rings is 1. The summed E-state index contributed by atoms with van der Waals surface area (Å²) in [4.78, 5) is 13.2. The fourth-order valence-electron chi connectivity index (χ4n) is 2.95. The molecule has 1 saturated heterocycles. The van der Waals surface area contributed by atoms with Crippen molar-refractivity contribution in [3.8, 4) is 11.3 Å². The maximum atomic E-state index is 11.2. The number of aliphatic hydroxyl groups is 1. The summed E-state index contributed by atoms with van der Waals surface area (Å²) in [6.07, 6.45) is -0.286. The Labute approximate surface area is 135 Å². The monoisotopic (exact) mass is 315 g/mol. The molecule has 3 rings (SSSR count). The highest BCUT2D eigenvalue weighted by Gasteiger charge is 2.33. The molecule has 0 radical (unpaired) electrons. The number of likely N-dealkylation sites (tertiary alicyclic amines) is 1. The van der Waals surface area contributed by atoms with Gasteiger partial charge in [0.25, 0.3) is 0 Å². The Hall–Kier alpha value is -2.11. The van der Waals surface area contributed by atoms with Crippen LogP contribution in [0.15, 0.2) is 40.8 Å². The number of furan rings is 1. The second-order valence-corrected chi connectivity index (χ2v) is 6.17. The lowest BCUT2D eigenvalue weighted by atomic mass is 9.95. The molecule has 122 valence electrons. The molecule has 5 heteroatoms. The van der Waals surface area contributed by atoms with Gasteiger partial charge in [0.05, 0.1) is 18.6 Å². The number of carboxylic acids is 1.